The number of nitrogens with zero attached hydrogens (tertiary/aromatic N) is 4. The van der Waals surface area contributed by atoms with E-state index in [1.807, 2.05) is 4.57 Å². The van der Waals surface area contributed by atoms with Gasteiger partial charge in [-0.1, -0.05) is 17.3 Å². The van der Waals surface area contributed by atoms with Gasteiger partial charge in [0.2, 0.25) is 5.82 Å². The summed E-state index contributed by atoms with van der Waals surface area (Å²) in [6.45, 7) is 0.860. The van der Waals surface area contributed by atoms with Crippen LogP contribution in [0.1, 0.15) is 17.4 Å². The fourth-order valence-corrected chi connectivity index (χ4v) is 3.22. The lowest BCUT2D eigenvalue weighted by atomic mass is 10.1. The predicted octanol–water partition coefficient (Wildman–Crippen LogP) is 4.15. The van der Waals surface area contributed by atoms with Gasteiger partial charge in [-0.3, -0.25) is 0 Å². The largest absolute Gasteiger partial charge is 0.365 e. The Morgan fingerprint density at radius 3 is 2.43 bits per heavy atom. The van der Waals surface area contributed by atoms with Crippen molar-refractivity contribution < 1.29 is 18.0 Å². The number of benzene rings is 2. The van der Waals surface area contributed by atoms with Gasteiger partial charge in [-0.15, -0.1) is 0 Å². The number of fused-ring (bicyclic) bond motifs is 1. The van der Waals surface area contributed by atoms with Crippen molar-refractivity contribution in [1.29, 1.82) is 0 Å². The smallest absolute Gasteiger partial charge is 0.278 e. The van der Waals surface area contributed by atoms with Crippen LogP contribution >= 0.6 is 0 Å². The van der Waals surface area contributed by atoms with Crippen molar-refractivity contribution in [2.75, 3.05) is 0 Å². The highest BCUT2D eigenvalue weighted by molar-refractivity contribution is 5.59. The second kappa shape index (κ2) is 6.65. The number of halogens is 2. The summed E-state index contributed by atoms with van der Waals surface area (Å²) in [5.41, 5.74) is 2.93. The van der Waals surface area contributed by atoms with Gasteiger partial charge in [0.05, 0.1) is 25.2 Å². The van der Waals surface area contributed by atoms with E-state index < -0.39 is 0 Å². The van der Waals surface area contributed by atoms with E-state index in [0.717, 1.165) is 11.3 Å². The Labute approximate surface area is 158 Å². The van der Waals surface area contributed by atoms with Crippen LogP contribution in [0.15, 0.2) is 59.4 Å². The Morgan fingerprint density at radius 2 is 1.68 bits per heavy atom. The van der Waals surface area contributed by atoms with Crippen molar-refractivity contribution in [3.05, 3.63) is 77.8 Å². The van der Waals surface area contributed by atoms with Crippen molar-refractivity contribution in [2.45, 2.75) is 19.3 Å². The van der Waals surface area contributed by atoms with E-state index in [-0.39, 0.29) is 23.6 Å². The highest BCUT2D eigenvalue weighted by atomic mass is 19.1. The molecule has 0 N–H and O–H groups in total. The molecule has 1 unspecified atom stereocenters. The highest BCUT2D eigenvalue weighted by Crippen LogP contribution is 2.31. The van der Waals surface area contributed by atoms with Crippen LogP contribution in [-0.4, -0.2) is 19.7 Å². The minimum atomic E-state index is -0.330. The summed E-state index contributed by atoms with van der Waals surface area (Å²) in [4.78, 5) is 8.77. The molecular weight excluding hydrogens is 366 g/mol. The fourth-order valence-electron chi connectivity index (χ4n) is 3.22. The van der Waals surface area contributed by atoms with E-state index >= 15 is 0 Å². The van der Waals surface area contributed by atoms with Gasteiger partial charge in [0.15, 0.2) is 5.69 Å². The van der Waals surface area contributed by atoms with Crippen LogP contribution in [0.25, 0.3) is 23.0 Å². The van der Waals surface area contributed by atoms with Gasteiger partial charge in [-0.2, -0.15) is 4.98 Å². The third-order valence-corrected chi connectivity index (χ3v) is 4.70. The van der Waals surface area contributed by atoms with Crippen LogP contribution < -0.4 is 0 Å². The molecule has 8 heteroatoms. The molecule has 2 aromatic carbocycles. The van der Waals surface area contributed by atoms with E-state index in [1.54, 1.807) is 30.6 Å². The van der Waals surface area contributed by atoms with Gasteiger partial charge in [0.25, 0.3) is 5.89 Å². The molecule has 1 aliphatic rings. The Kier molecular flexibility index (Phi) is 3.98. The third-order valence-electron chi connectivity index (χ3n) is 4.70. The van der Waals surface area contributed by atoms with Gasteiger partial charge in [-0.25, -0.2) is 13.8 Å². The Bertz CT molecular complexity index is 1120. The lowest BCUT2D eigenvalue weighted by molar-refractivity contribution is 0.00326. The molecule has 5 rings (SSSR count). The number of imidazole rings is 1. The summed E-state index contributed by atoms with van der Waals surface area (Å²) < 4.78 is 39.5. The van der Waals surface area contributed by atoms with Crippen LogP contribution in [0.3, 0.4) is 0 Å². The first-order valence-electron chi connectivity index (χ1n) is 8.68. The van der Waals surface area contributed by atoms with Gasteiger partial charge < -0.3 is 13.8 Å². The summed E-state index contributed by atoms with van der Waals surface area (Å²) in [5, 5.41) is 3.96. The lowest BCUT2D eigenvalue weighted by Crippen LogP contribution is -2.20. The molecule has 1 aliphatic heterocycles. The number of aromatic nitrogens is 4. The summed E-state index contributed by atoms with van der Waals surface area (Å²) in [6.07, 6.45) is 1.51. The highest BCUT2D eigenvalue weighted by Gasteiger charge is 2.26. The van der Waals surface area contributed by atoms with Crippen LogP contribution in [0.4, 0.5) is 8.78 Å². The molecule has 0 bridgehead atoms. The first-order valence-corrected chi connectivity index (χ1v) is 8.68. The van der Waals surface area contributed by atoms with Gasteiger partial charge in [-0.05, 0) is 42.0 Å². The maximum atomic E-state index is 13.1. The second-order valence-electron chi connectivity index (χ2n) is 6.47. The second-order valence-corrected chi connectivity index (χ2v) is 6.47. The van der Waals surface area contributed by atoms with Gasteiger partial charge >= 0.3 is 0 Å². The van der Waals surface area contributed by atoms with Crippen molar-refractivity contribution in [3.63, 3.8) is 0 Å². The van der Waals surface area contributed by atoms with Crippen molar-refractivity contribution in [1.82, 2.24) is 19.7 Å². The molecule has 4 aromatic rings. The lowest BCUT2D eigenvalue weighted by Gasteiger charge is -2.25. The SMILES string of the molecule is Fc1ccc(-c2noc(-c3ncn4c3COC(c3ccc(F)cc3)C4)n2)cc1. The molecule has 0 amide bonds. The zero-order valence-electron chi connectivity index (χ0n) is 14.5. The molecule has 3 heterocycles. The summed E-state index contributed by atoms with van der Waals surface area (Å²) in [5.74, 6) is 0.0246. The van der Waals surface area contributed by atoms with Gasteiger partial charge in [0, 0.05) is 5.56 Å². The predicted molar refractivity (Wildman–Crippen MR) is 94.8 cm³/mol. The fraction of sp³-hybridized carbons (Fsp3) is 0.150. The average molecular weight is 380 g/mol. The van der Waals surface area contributed by atoms with Crippen molar-refractivity contribution in [2.24, 2.45) is 0 Å². The van der Waals surface area contributed by atoms with Crippen molar-refractivity contribution >= 4 is 0 Å². The molecule has 1 atom stereocenters. The van der Waals surface area contributed by atoms with Crippen molar-refractivity contribution in [3.8, 4) is 23.0 Å². The molecular formula is C20H14F2N4O2. The molecule has 140 valence electrons. The molecule has 6 nitrogen and oxygen atoms in total. The van der Waals surface area contributed by atoms with E-state index in [4.69, 9.17) is 9.26 Å². The minimum absolute atomic E-state index is 0.187. The zero-order valence-corrected chi connectivity index (χ0v) is 14.5. The van der Waals surface area contributed by atoms with Crippen LogP contribution in [0.2, 0.25) is 0 Å². The average Bonchev–Trinajstić information content (AvgIpc) is 3.35. The maximum absolute atomic E-state index is 13.1. The Morgan fingerprint density at radius 1 is 0.964 bits per heavy atom. The summed E-state index contributed by atoms with van der Waals surface area (Å²) in [7, 11) is 0. The first kappa shape index (κ1) is 16.8. The molecule has 0 saturated heterocycles. The molecule has 0 fully saturated rings. The van der Waals surface area contributed by atoms with Gasteiger partial charge in [0.1, 0.15) is 17.7 Å². The first-order chi connectivity index (χ1) is 13.7. The monoisotopic (exact) mass is 380 g/mol. The quantitative estimate of drug-likeness (QED) is 0.534. The molecule has 0 radical (unpaired) electrons. The van der Waals surface area contributed by atoms with E-state index in [0.29, 0.717) is 30.2 Å². The Hall–Kier alpha value is -3.39. The molecule has 0 saturated carbocycles. The topological polar surface area (TPSA) is 66.0 Å². The molecule has 0 aliphatic carbocycles. The summed E-state index contributed by atoms with van der Waals surface area (Å²) >= 11 is 0. The molecule has 2 aromatic heterocycles. The molecule has 0 spiro atoms. The molecule has 28 heavy (non-hydrogen) atoms. The normalized spacial score (nSPS) is 16.1. The van der Waals surface area contributed by atoms with E-state index in [9.17, 15) is 8.78 Å². The van der Waals surface area contributed by atoms with Crippen LogP contribution in [-0.2, 0) is 17.9 Å². The zero-order chi connectivity index (χ0) is 19.1. The number of hydrogen-bond donors (Lipinski definition) is 0. The minimum Gasteiger partial charge on any atom is -0.365 e. The number of rotatable bonds is 3. The third kappa shape index (κ3) is 2.97. The van der Waals surface area contributed by atoms with Crippen LogP contribution in [0.5, 0.6) is 0 Å². The van der Waals surface area contributed by atoms with Crippen LogP contribution in [0, 0.1) is 11.6 Å². The van der Waals surface area contributed by atoms with E-state index in [1.165, 1.54) is 24.3 Å². The number of ether oxygens (including phenoxy) is 1. The Balaban J connectivity index is 1.41. The number of hydrogen-bond acceptors (Lipinski definition) is 5. The standard InChI is InChI=1S/C20H14F2N4O2/c21-14-5-1-12(2-6-14)17-9-26-11-23-18(16(26)10-27-17)20-24-19(25-28-20)13-3-7-15(22)8-4-13/h1-8,11,17H,9-10H2. The maximum Gasteiger partial charge on any atom is 0.278 e. The van der Waals surface area contributed by atoms with E-state index in [2.05, 4.69) is 15.1 Å². The summed E-state index contributed by atoms with van der Waals surface area (Å²) in [6, 6.07) is 12.1.